The molecule has 27 heavy (non-hydrogen) atoms. The second-order valence-electron chi connectivity index (χ2n) is 7.35. The second-order valence-corrected chi connectivity index (χ2v) is 9.18. The summed E-state index contributed by atoms with van der Waals surface area (Å²) in [5.74, 6) is 0.854. The van der Waals surface area contributed by atoms with Crippen LogP contribution in [0.5, 0.6) is 5.75 Å². The summed E-state index contributed by atoms with van der Waals surface area (Å²) >= 11 is 0. The number of amides is 1. The molecule has 7 nitrogen and oxygen atoms in total. The molecular weight excluding hydrogens is 368 g/mol. The van der Waals surface area contributed by atoms with Crippen LogP contribution in [0.25, 0.3) is 0 Å². The van der Waals surface area contributed by atoms with Crippen LogP contribution in [0.2, 0.25) is 0 Å². The van der Waals surface area contributed by atoms with Crippen molar-refractivity contribution in [3.63, 3.8) is 0 Å². The highest BCUT2D eigenvalue weighted by Gasteiger charge is 2.25. The summed E-state index contributed by atoms with van der Waals surface area (Å²) < 4.78 is 36.4. The SMILES string of the molecule is CS(=O)(=O)NCC1CCCN(C(=O)c2ccc(OCC3CCCO3)cc2)C1. The summed E-state index contributed by atoms with van der Waals surface area (Å²) in [5.41, 5.74) is 0.621. The molecule has 1 amide bonds. The lowest BCUT2D eigenvalue weighted by molar-refractivity contribution is 0.0669. The molecule has 2 aliphatic heterocycles. The van der Waals surface area contributed by atoms with Crippen LogP contribution in [-0.4, -0.2) is 64.4 Å². The van der Waals surface area contributed by atoms with Gasteiger partial charge in [-0.3, -0.25) is 4.79 Å². The molecule has 8 heteroatoms. The minimum atomic E-state index is -3.21. The average molecular weight is 397 g/mol. The first-order valence-electron chi connectivity index (χ1n) is 9.49. The number of ether oxygens (including phenoxy) is 2. The summed E-state index contributed by atoms with van der Waals surface area (Å²) in [6.07, 6.45) is 5.23. The highest BCUT2D eigenvalue weighted by molar-refractivity contribution is 7.88. The van der Waals surface area contributed by atoms with Crippen LogP contribution in [0.1, 0.15) is 36.0 Å². The molecule has 3 rings (SSSR count). The first kappa shape index (κ1) is 20.1. The summed E-state index contributed by atoms with van der Waals surface area (Å²) in [6, 6.07) is 7.20. The molecule has 1 aromatic carbocycles. The van der Waals surface area contributed by atoms with Crippen LogP contribution in [0.4, 0.5) is 0 Å². The third kappa shape index (κ3) is 6.19. The van der Waals surface area contributed by atoms with Crippen molar-refractivity contribution in [2.24, 2.45) is 5.92 Å². The number of rotatable bonds is 7. The van der Waals surface area contributed by atoms with E-state index in [0.717, 1.165) is 44.3 Å². The largest absolute Gasteiger partial charge is 0.491 e. The molecule has 2 heterocycles. The van der Waals surface area contributed by atoms with Crippen LogP contribution >= 0.6 is 0 Å². The molecule has 0 spiro atoms. The van der Waals surface area contributed by atoms with Gasteiger partial charge in [0.05, 0.1) is 12.4 Å². The van der Waals surface area contributed by atoms with Gasteiger partial charge >= 0.3 is 0 Å². The van der Waals surface area contributed by atoms with E-state index in [1.54, 1.807) is 17.0 Å². The van der Waals surface area contributed by atoms with Gasteiger partial charge in [-0.2, -0.15) is 0 Å². The van der Waals surface area contributed by atoms with Crippen LogP contribution in [0.3, 0.4) is 0 Å². The number of nitrogens with one attached hydrogen (secondary N) is 1. The maximum absolute atomic E-state index is 12.8. The lowest BCUT2D eigenvalue weighted by Crippen LogP contribution is -2.43. The van der Waals surface area contributed by atoms with Crippen molar-refractivity contribution in [2.45, 2.75) is 31.8 Å². The van der Waals surface area contributed by atoms with Crippen molar-refractivity contribution in [2.75, 3.05) is 39.1 Å². The van der Waals surface area contributed by atoms with Crippen molar-refractivity contribution < 1.29 is 22.7 Å². The van der Waals surface area contributed by atoms with Gasteiger partial charge in [-0.25, -0.2) is 13.1 Å². The lowest BCUT2D eigenvalue weighted by Gasteiger charge is -2.32. The average Bonchev–Trinajstić information content (AvgIpc) is 3.18. The molecule has 2 aliphatic rings. The molecule has 2 unspecified atom stereocenters. The first-order chi connectivity index (χ1) is 12.9. The summed E-state index contributed by atoms with van der Waals surface area (Å²) in [5, 5.41) is 0. The van der Waals surface area contributed by atoms with Gasteiger partial charge < -0.3 is 14.4 Å². The maximum atomic E-state index is 12.8. The Hall–Kier alpha value is -1.64. The van der Waals surface area contributed by atoms with E-state index in [1.807, 2.05) is 12.1 Å². The first-order valence-corrected chi connectivity index (χ1v) is 11.4. The van der Waals surface area contributed by atoms with E-state index in [9.17, 15) is 13.2 Å². The Balaban J connectivity index is 1.51. The number of carbonyl (C=O) groups excluding carboxylic acids is 1. The summed E-state index contributed by atoms with van der Waals surface area (Å²) in [7, 11) is -3.21. The molecule has 0 bridgehead atoms. The predicted molar refractivity (Wildman–Crippen MR) is 102 cm³/mol. The maximum Gasteiger partial charge on any atom is 0.253 e. The topological polar surface area (TPSA) is 84.9 Å². The Bertz CT molecular complexity index is 729. The normalized spacial score (nSPS) is 23.4. The number of nitrogens with zero attached hydrogens (tertiary/aromatic N) is 1. The van der Waals surface area contributed by atoms with E-state index in [4.69, 9.17) is 9.47 Å². The Morgan fingerprint density at radius 1 is 1.26 bits per heavy atom. The van der Waals surface area contributed by atoms with Crippen molar-refractivity contribution in [3.05, 3.63) is 29.8 Å². The van der Waals surface area contributed by atoms with Crippen LogP contribution in [0.15, 0.2) is 24.3 Å². The molecule has 2 atom stereocenters. The summed E-state index contributed by atoms with van der Waals surface area (Å²) in [6.45, 7) is 2.98. The minimum absolute atomic E-state index is 0.0234. The predicted octanol–water partition coefficient (Wildman–Crippen LogP) is 1.65. The number of carbonyl (C=O) groups is 1. The van der Waals surface area contributed by atoms with Gasteiger partial charge in [0.15, 0.2) is 0 Å². The van der Waals surface area contributed by atoms with Crippen LogP contribution in [-0.2, 0) is 14.8 Å². The highest BCUT2D eigenvalue weighted by atomic mass is 32.2. The molecule has 2 saturated heterocycles. The fraction of sp³-hybridized carbons (Fsp3) is 0.632. The van der Waals surface area contributed by atoms with E-state index in [-0.39, 0.29) is 17.9 Å². The molecule has 150 valence electrons. The lowest BCUT2D eigenvalue weighted by atomic mass is 9.97. The molecule has 1 N–H and O–H groups in total. The van der Waals surface area contributed by atoms with Crippen molar-refractivity contribution >= 4 is 15.9 Å². The van der Waals surface area contributed by atoms with Crippen molar-refractivity contribution in [3.8, 4) is 5.75 Å². The second kappa shape index (κ2) is 9.03. The molecule has 0 saturated carbocycles. The highest BCUT2D eigenvalue weighted by Crippen LogP contribution is 2.21. The zero-order valence-corrected chi connectivity index (χ0v) is 16.5. The number of benzene rings is 1. The molecule has 2 fully saturated rings. The Morgan fingerprint density at radius 2 is 2.04 bits per heavy atom. The number of hydrogen-bond donors (Lipinski definition) is 1. The summed E-state index contributed by atoms with van der Waals surface area (Å²) in [4.78, 5) is 14.6. The van der Waals surface area contributed by atoms with E-state index < -0.39 is 10.0 Å². The molecule has 0 aromatic heterocycles. The van der Waals surface area contributed by atoms with E-state index in [2.05, 4.69) is 4.72 Å². The number of piperidine rings is 1. The van der Waals surface area contributed by atoms with Crippen molar-refractivity contribution in [1.29, 1.82) is 0 Å². The number of hydrogen-bond acceptors (Lipinski definition) is 5. The van der Waals surface area contributed by atoms with E-state index in [0.29, 0.717) is 31.8 Å². The van der Waals surface area contributed by atoms with Gasteiger partial charge in [-0.15, -0.1) is 0 Å². The zero-order chi connectivity index (χ0) is 19.3. The molecule has 0 aliphatic carbocycles. The van der Waals surface area contributed by atoms with E-state index >= 15 is 0 Å². The Kier molecular flexibility index (Phi) is 6.73. The third-order valence-electron chi connectivity index (χ3n) is 5.00. The number of sulfonamides is 1. The fourth-order valence-electron chi connectivity index (χ4n) is 3.53. The van der Waals surface area contributed by atoms with E-state index in [1.165, 1.54) is 0 Å². The van der Waals surface area contributed by atoms with Gasteiger partial charge in [0.25, 0.3) is 5.91 Å². The third-order valence-corrected chi connectivity index (χ3v) is 5.69. The Morgan fingerprint density at radius 3 is 2.70 bits per heavy atom. The smallest absolute Gasteiger partial charge is 0.253 e. The molecule has 0 radical (unpaired) electrons. The Labute approximate surface area is 161 Å². The molecular formula is C19H28N2O5S. The molecule has 1 aromatic rings. The standard InChI is InChI=1S/C19H28N2O5S/c1-27(23,24)20-12-15-4-2-10-21(13-15)19(22)16-6-8-17(9-7-16)26-14-18-5-3-11-25-18/h6-9,15,18,20H,2-5,10-14H2,1H3. The number of likely N-dealkylation sites (tertiary alicyclic amines) is 1. The van der Waals surface area contributed by atoms with Crippen molar-refractivity contribution in [1.82, 2.24) is 9.62 Å². The van der Waals surface area contributed by atoms with Crippen LogP contribution in [0, 0.1) is 5.92 Å². The van der Waals surface area contributed by atoms with Gasteiger partial charge in [0, 0.05) is 31.8 Å². The van der Waals surface area contributed by atoms with Gasteiger partial charge in [-0.05, 0) is 55.9 Å². The monoisotopic (exact) mass is 396 g/mol. The minimum Gasteiger partial charge on any atom is -0.491 e. The van der Waals surface area contributed by atoms with Crippen LogP contribution < -0.4 is 9.46 Å². The quantitative estimate of drug-likeness (QED) is 0.757. The van der Waals surface area contributed by atoms with Gasteiger partial charge in [0.1, 0.15) is 12.4 Å². The van der Waals surface area contributed by atoms with Gasteiger partial charge in [0.2, 0.25) is 10.0 Å². The van der Waals surface area contributed by atoms with Gasteiger partial charge in [-0.1, -0.05) is 0 Å². The fourth-order valence-corrected chi connectivity index (χ4v) is 4.07. The zero-order valence-electron chi connectivity index (χ0n) is 15.7.